The first kappa shape index (κ1) is 20.5. The highest BCUT2D eigenvalue weighted by Crippen LogP contribution is 2.26. The maximum atomic E-state index is 12.8. The number of benzene rings is 3. The van der Waals surface area contributed by atoms with E-state index in [1.807, 2.05) is 66.7 Å². The van der Waals surface area contributed by atoms with Crippen molar-refractivity contribution in [3.63, 3.8) is 0 Å². The highest BCUT2D eigenvalue weighted by atomic mass is 35.5. The van der Waals surface area contributed by atoms with Gasteiger partial charge in [-0.1, -0.05) is 72.3 Å². The van der Waals surface area contributed by atoms with Crippen molar-refractivity contribution >= 4 is 29.2 Å². The van der Waals surface area contributed by atoms with E-state index in [2.05, 4.69) is 0 Å². The molecule has 0 unspecified atom stereocenters. The third-order valence-corrected chi connectivity index (χ3v) is 4.47. The molecule has 0 radical (unpaired) electrons. The number of halogens is 1. The summed E-state index contributed by atoms with van der Waals surface area (Å²) in [5, 5.41) is 0.514. The SMILES string of the molecule is COc1ccccc1C=C(C(=O)OCCOc1ccccc1Cl)c1ccccc1. The van der Waals surface area contributed by atoms with Crippen LogP contribution >= 0.6 is 11.6 Å². The molecule has 3 rings (SSSR count). The van der Waals surface area contributed by atoms with Crippen molar-refractivity contribution in [1.29, 1.82) is 0 Å². The van der Waals surface area contributed by atoms with E-state index in [1.54, 1.807) is 25.3 Å². The largest absolute Gasteiger partial charge is 0.496 e. The molecule has 0 fully saturated rings. The topological polar surface area (TPSA) is 44.8 Å². The molecule has 5 heteroatoms. The maximum Gasteiger partial charge on any atom is 0.338 e. The van der Waals surface area contributed by atoms with Crippen LogP contribution in [0.2, 0.25) is 5.02 Å². The van der Waals surface area contributed by atoms with E-state index in [0.717, 1.165) is 11.1 Å². The smallest absolute Gasteiger partial charge is 0.338 e. The lowest BCUT2D eigenvalue weighted by Gasteiger charge is -2.12. The molecule has 0 heterocycles. The molecule has 0 saturated carbocycles. The third-order valence-electron chi connectivity index (χ3n) is 4.15. The van der Waals surface area contributed by atoms with Crippen LogP contribution in [0.15, 0.2) is 78.9 Å². The molecule has 0 aliphatic rings. The number of hydrogen-bond acceptors (Lipinski definition) is 4. The molecule has 0 amide bonds. The number of carbonyl (C=O) groups is 1. The molecule has 3 aromatic rings. The molecule has 29 heavy (non-hydrogen) atoms. The van der Waals surface area contributed by atoms with E-state index >= 15 is 0 Å². The van der Waals surface area contributed by atoms with Crippen molar-refractivity contribution < 1.29 is 19.0 Å². The first-order valence-corrected chi connectivity index (χ1v) is 9.51. The van der Waals surface area contributed by atoms with Gasteiger partial charge in [-0.25, -0.2) is 4.79 Å². The Bertz CT molecular complexity index is 983. The molecule has 0 spiro atoms. The zero-order valence-electron chi connectivity index (χ0n) is 16.0. The van der Waals surface area contributed by atoms with Crippen LogP contribution in [0.25, 0.3) is 11.6 Å². The lowest BCUT2D eigenvalue weighted by atomic mass is 10.0. The number of para-hydroxylation sites is 2. The first-order valence-electron chi connectivity index (χ1n) is 9.13. The van der Waals surface area contributed by atoms with E-state index in [9.17, 15) is 4.79 Å². The second-order valence-corrected chi connectivity index (χ2v) is 6.49. The van der Waals surface area contributed by atoms with Gasteiger partial charge in [-0.2, -0.15) is 0 Å². The van der Waals surface area contributed by atoms with Crippen molar-refractivity contribution in [2.75, 3.05) is 20.3 Å². The predicted molar refractivity (Wildman–Crippen MR) is 115 cm³/mol. The molecule has 4 nitrogen and oxygen atoms in total. The molecule has 148 valence electrons. The number of hydrogen-bond donors (Lipinski definition) is 0. The Morgan fingerprint density at radius 2 is 1.52 bits per heavy atom. The van der Waals surface area contributed by atoms with E-state index in [1.165, 1.54) is 0 Å². The second-order valence-electron chi connectivity index (χ2n) is 6.08. The Labute approximate surface area is 175 Å². The van der Waals surface area contributed by atoms with Crippen LogP contribution in [0.3, 0.4) is 0 Å². The van der Waals surface area contributed by atoms with Crippen molar-refractivity contribution in [1.82, 2.24) is 0 Å². The Kier molecular flexibility index (Phi) is 7.31. The van der Waals surface area contributed by atoms with Gasteiger partial charge in [0.05, 0.1) is 17.7 Å². The summed E-state index contributed by atoms with van der Waals surface area (Å²) >= 11 is 6.06. The minimum absolute atomic E-state index is 0.0974. The van der Waals surface area contributed by atoms with Crippen molar-refractivity contribution in [3.05, 3.63) is 95.0 Å². The van der Waals surface area contributed by atoms with Crippen LogP contribution in [-0.4, -0.2) is 26.3 Å². The number of carbonyl (C=O) groups excluding carboxylic acids is 1. The highest BCUT2D eigenvalue weighted by Gasteiger charge is 2.15. The monoisotopic (exact) mass is 408 g/mol. The van der Waals surface area contributed by atoms with E-state index in [-0.39, 0.29) is 13.2 Å². The molecule has 0 atom stereocenters. The van der Waals surface area contributed by atoms with Crippen molar-refractivity contribution in [2.24, 2.45) is 0 Å². The Balaban J connectivity index is 1.73. The summed E-state index contributed by atoms with van der Waals surface area (Å²) < 4.78 is 16.4. The highest BCUT2D eigenvalue weighted by molar-refractivity contribution is 6.32. The van der Waals surface area contributed by atoms with Crippen LogP contribution in [0.4, 0.5) is 0 Å². The average Bonchev–Trinajstić information content (AvgIpc) is 2.77. The van der Waals surface area contributed by atoms with Crippen LogP contribution in [0.1, 0.15) is 11.1 Å². The van der Waals surface area contributed by atoms with Crippen molar-refractivity contribution in [2.45, 2.75) is 0 Å². The summed E-state index contributed by atoms with van der Waals surface area (Å²) in [6, 6.07) is 24.0. The van der Waals surface area contributed by atoms with Gasteiger partial charge in [0.15, 0.2) is 0 Å². The third kappa shape index (κ3) is 5.62. The zero-order chi connectivity index (χ0) is 20.5. The van der Waals surface area contributed by atoms with Gasteiger partial charge in [-0.05, 0) is 29.8 Å². The van der Waals surface area contributed by atoms with Gasteiger partial charge in [0, 0.05) is 5.56 Å². The lowest BCUT2D eigenvalue weighted by Crippen LogP contribution is -2.13. The van der Waals surface area contributed by atoms with Gasteiger partial charge in [0.2, 0.25) is 0 Å². The summed E-state index contributed by atoms with van der Waals surface area (Å²) in [5.74, 6) is 0.790. The summed E-state index contributed by atoms with van der Waals surface area (Å²) in [6.45, 7) is 0.298. The Hall–Kier alpha value is -3.24. The van der Waals surface area contributed by atoms with E-state index < -0.39 is 5.97 Å². The Morgan fingerprint density at radius 3 is 2.24 bits per heavy atom. The summed E-state index contributed by atoms with van der Waals surface area (Å²) in [6.07, 6.45) is 1.77. The van der Waals surface area contributed by atoms with Gasteiger partial charge in [0.1, 0.15) is 24.7 Å². The fourth-order valence-corrected chi connectivity index (χ4v) is 2.93. The minimum atomic E-state index is -0.440. The normalized spacial score (nSPS) is 11.0. The van der Waals surface area contributed by atoms with Gasteiger partial charge in [-0.3, -0.25) is 0 Å². The lowest BCUT2D eigenvalue weighted by molar-refractivity contribution is -0.137. The van der Waals surface area contributed by atoms with Crippen LogP contribution in [0.5, 0.6) is 11.5 Å². The molecule has 0 bridgehead atoms. The van der Waals surface area contributed by atoms with Crippen molar-refractivity contribution in [3.8, 4) is 11.5 Å². The Morgan fingerprint density at radius 1 is 0.862 bits per heavy atom. The van der Waals surface area contributed by atoms with Crippen LogP contribution < -0.4 is 9.47 Å². The zero-order valence-corrected chi connectivity index (χ0v) is 16.8. The fraction of sp³-hybridized carbons (Fsp3) is 0.125. The average molecular weight is 409 g/mol. The van der Waals surface area contributed by atoms with Gasteiger partial charge >= 0.3 is 5.97 Å². The summed E-state index contributed by atoms with van der Waals surface area (Å²) in [7, 11) is 1.60. The van der Waals surface area contributed by atoms with Crippen LogP contribution in [0, 0.1) is 0 Å². The standard InChI is InChI=1S/C24H21ClO4/c1-27-22-13-7-5-11-19(22)17-20(18-9-3-2-4-10-18)24(26)29-16-15-28-23-14-8-6-12-21(23)25/h2-14,17H,15-16H2,1H3. The number of esters is 1. The molecule has 3 aromatic carbocycles. The summed E-state index contributed by atoms with van der Waals surface area (Å²) in [5.41, 5.74) is 1.99. The molecule has 0 N–H and O–H groups in total. The molecule has 0 aliphatic carbocycles. The van der Waals surface area contributed by atoms with Gasteiger partial charge in [0.25, 0.3) is 0 Å². The number of methoxy groups -OCH3 is 1. The fourth-order valence-electron chi connectivity index (χ4n) is 2.74. The van der Waals surface area contributed by atoms with E-state index in [4.69, 9.17) is 25.8 Å². The molecular weight excluding hydrogens is 388 g/mol. The number of ether oxygens (including phenoxy) is 3. The quantitative estimate of drug-likeness (QED) is 0.213. The molecular formula is C24H21ClO4. The minimum Gasteiger partial charge on any atom is -0.496 e. The van der Waals surface area contributed by atoms with Gasteiger partial charge < -0.3 is 14.2 Å². The maximum absolute atomic E-state index is 12.8. The predicted octanol–water partition coefficient (Wildman–Crippen LogP) is 5.51. The molecule has 0 saturated heterocycles. The first-order chi connectivity index (χ1) is 14.2. The van der Waals surface area contributed by atoms with Gasteiger partial charge in [-0.15, -0.1) is 0 Å². The number of rotatable bonds is 8. The molecule has 0 aliphatic heterocycles. The van der Waals surface area contributed by atoms with E-state index in [0.29, 0.717) is 22.1 Å². The second kappa shape index (κ2) is 10.3. The summed E-state index contributed by atoms with van der Waals surface area (Å²) in [4.78, 5) is 12.8. The van der Waals surface area contributed by atoms with Crippen LogP contribution in [-0.2, 0) is 9.53 Å². The molecule has 0 aromatic heterocycles.